The first kappa shape index (κ1) is 19.2. The molecule has 7 heteroatoms. The van der Waals surface area contributed by atoms with Gasteiger partial charge >= 0.3 is 6.09 Å². The highest BCUT2D eigenvalue weighted by Gasteiger charge is 2.35. The maximum atomic E-state index is 12.1. The van der Waals surface area contributed by atoms with Gasteiger partial charge in [0.05, 0.1) is 6.07 Å². The quantitative estimate of drug-likeness (QED) is 0.810. The molecule has 25 heavy (non-hydrogen) atoms. The Morgan fingerprint density at radius 1 is 1.28 bits per heavy atom. The largest absolute Gasteiger partial charge is 0.444 e. The SMILES string of the molecule is CC(C)(C)OC(=O)N1CCC(C(C#N)c2nc(C(C)(C)C)no2)CC1. The molecule has 0 N–H and O–H groups in total. The van der Waals surface area contributed by atoms with Crippen molar-refractivity contribution in [3.05, 3.63) is 11.7 Å². The lowest BCUT2D eigenvalue weighted by atomic mass is 9.85. The Hall–Kier alpha value is -2.10. The summed E-state index contributed by atoms with van der Waals surface area (Å²) < 4.78 is 10.8. The van der Waals surface area contributed by atoms with E-state index in [4.69, 9.17) is 9.26 Å². The van der Waals surface area contributed by atoms with Crippen molar-refractivity contribution < 1.29 is 14.1 Å². The smallest absolute Gasteiger partial charge is 0.410 e. The summed E-state index contributed by atoms with van der Waals surface area (Å²) in [5.74, 6) is 0.637. The van der Waals surface area contributed by atoms with Crippen molar-refractivity contribution in [1.82, 2.24) is 15.0 Å². The van der Waals surface area contributed by atoms with E-state index in [0.717, 1.165) is 0 Å². The molecule has 1 aromatic heterocycles. The van der Waals surface area contributed by atoms with E-state index in [-0.39, 0.29) is 17.4 Å². The first-order valence-electron chi connectivity index (χ1n) is 8.73. The molecular weight excluding hydrogens is 320 g/mol. The molecule has 2 rings (SSSR count). The molecule has 7 nitrogen and oxygen atoms in total. The third-order valence-electron chi connectivity index (χ3n) is 4.18. The molecule has 0 radical (unpaired) electrons. The van der Waals surface area contributed by atoms with Crippen LogP contribution in [0.15, 0.2) is 4.52 Å². The van der Waals surface area contributed by atoms with E-state index in [1.165, 1.54) is 0 Å². The topological polar surface area (TPSA) is 92.2 Å². The van der Waals surface area contributed by atoms with Crippen LogP contribution in [0.25, 0.3) is 0 Å². The molecule has 1 unspecified atom stereocenters. The molecule has 0 aromatic carbocycles. The van der Waals surface area contributed by atoms with Gasteiger partial charge in [0.1, 0.15) is 11.5 Å². The van der Waals surface area contributed by atoms with E-state index < -0.39 is 11.5 Å². The number of carbonyl (C=O) groups is 1. The molecule has 1 aliphatic heterocycles. The van der Waals surface area contributed by atoms with Gasteiger partial charge in [-0.05, 0) is 39.5 Å². The zero-order valence-corrected chi connectivity index (χ0v) is 16.0. The standard InChI is InChI=1S/C18H28N4O3/c1-17(2,3)15-20-14(25-21-15)13(11-19)12-7-9-22(10-8-12)16(23)24-18(4,5)6/h12-13H,7-10H2,1-6H3. The maximum Gasteiger partial charge on any atom is 0.410 e. The van der Waals surface area contributed by atoms with Crippen LogP contribution in [-0.4, -0.2) is 39.8 Å². The number of nitrogens with zero attached hydrogens (tertiary/aromatic N) is 4. The van der Waals surface area contributed by atoms with E-state index in [0.29, 0.717) is 37.6 Å². The van der Waals surface area contributed by atoms with Crippen LogP contribution in [0, 0.1) is 17.2 Å². The number of ether oxygens (including phenoxy) is 1. The summed E-state index contributed by atoms with van der Waals surface area (Å²) in [6, 6.07) is 2.30. The molecule has 1 fully saturated rings. The van der Waals surface area contributed by atoms with Crippen molar-refractivity contribution in [3.8, 4) is 6.07 Å². The molecule has 1 aliphatic rings. The van der Waals surface area contributed by atoms with Gasteiger partial charge in [0, 0.05) is 18.5 Å². The van der Waals surface area contributed by atoms with Gasteiger partial charge < -0.3 is 14.2 Å². The summed E-state index contributed by atoms with van der Waals surface area (Å²) in [6.45, 7) is 12.7. The Kier molecular flexibility index (Phi) is 5.40. The van der Waals surface area contributed by atoms with Crippen molar-refractivity contribution in [2.75, 3.05) is 13.1 Å². The first-order chi connectivity index (χ1) is 11.5. The molecule has 1 atom stereocenters. The van der Waals surface area contributed by atoms with Crippen LogP contribution >= 0.6 is 0 Å². The highest BCUT2D eigenvalue weighted by Crippen LogP contribution is 2.33. The normalized spacial score (nSPS) is 17.9. The lowest BCUT2D eigenvalue weighted by Gasteiger charge is -2.34. The summed E-state index contributed by atoms with van der Waals surface area (Å²) in [5, 5.41) is 13.6. The zero-order valence-electron chi connectivity index (χ0n) is 16.0. The number of piperidine rings is 1. The van der Waals surface area contributed by atoms with Gasteiger partial charge in [-0.1, -0.05) is 25.9 Å². The predicted molar refractivity (Wildman–Crippen MR) is 91.9 cm³/mol. The number of amides is 1. The summed E-state index contributed by atoms with van der Waals surface area (Å²) >= 11 is 0. The van der Waals surface area contributed by atoms with Gasteiger partial charge in [-0.25, -0.2) is 4.79 Å². The molecule has 0 saturated carbocycles. The zero-order chi connectivity index (χ0) is 18.8. The molecule has 0 aliphatic carbocycles. The van der Waals surface area contributed by atoms with Crippen LogP contribution in [-0.2, 0) is 10.2 Å². The average molecular weight is 348 g/mol. The lowest BCUT2D eigenvalue weighted by molar-refractivity contribution is 0.0177. The molecule has 2 heterocycles. The average Bonchev–Trinajstić information content (AvgIpc) is 2.97. The second-order valence-electron chi connectivity index (χ2n) is 8.62. The number of carbonyl (C=O) groups excluding carboxylic acids is 1. The van der Waals surface area contributed by atoms with Gasteiger partial charge in [0.2, 0.25) is 5.89 Å². The first-order valence-corrected chi connectivity index (χ1v) is 8.73. The van der Waals surface area contributed by atoms with E-state index in [1.807, 2.05) is 41.5 Å². The van der Waals surface area contributed by atoms with E-state index in [1.54, 1.807) is 4.90 Å². The van der Waals surface area contributed by atoms with Gasteiger partial charge in [-0.3, -0.25) is 0 Å². The van der Waals surface area contributed by atoms with Gasteiger partial charge in [-0.15, -0.1) is 0 Å². The third kappa shape index (κ3) is 4.94. The fourth-order valence-corrected chi connectivity index (χ4v) is 2.77. The summed E-state index contributed by atoms with van der Waals surface area (Å²) in [6.07, 6.45) is 1.13. The number of likely N-dealkylation sites (tertiary alicyclic amines) is 1. The summed E-state index contributed by atoms with van der Waals surface area (Å²) in [7, 11) is 0. The Morgan fingerprint density at radius 2 is 1.88 bits per heavy atom. The van der Waals surface area contributed by atoms with Crippen molar-refractivity contribution in [2.24, 2.45) is 5.92 Å². The number of hydrogen-bond acceptors (Lipinski definition) is 6. The molecule has 1 amide bonds. The molecule has 0 bridgehead atoms. The monoisotopic (exact) mass is 348 g/mol. The summed E-state index contributed by atoms with van der Waals surface area (Å²) in [4.78, 5) is 18.3. The van der Waals surface area contributed by atoms with Crippen molar-refractivity contribution in [1.29, 1.82) is 5.26 Å². The highest BCUT2D eigenvalue weighted by atomic mass is 16.6. The second kappa shape index (κ2) is 7.03. The van der Waals surface area contributed by atoms with E-state index >= 15 is 0 Å². The van der Waals surface area contributed by atoms with Crippen LogP contribution in [0.2, 0.25) is 0 Å². The molecule has 1 aromatic rings. The molecular formula is C18H28N4O3. The Labute approximate surface area is 149 Å². The van der Waals surface area contributed by atoms with Crippen molar-refractivity contribution in [2.45, 2.75) is 71.3 Å². The Balaban J connectivity index is 2.00. The van der Waals surface area contributed by atoms with Gasteiger partial charge in [0.25, 0.3) is 0 Å². The summed E-state index contributed by atoms with van der Waals surface area (Å²) in [5.41, 5.74) is -0.724. The number of rotatable bonds is 2. The van der Waals surface area contributed by atoms with Crippen LogP contribution in [0.3, 0.4) is 0 Å². The minimum absolute atomic E-state index is 0.0944. The van der Waals surface area contributed by atoms with Gasteiger partial charge in [0.15, 0.2) is 5.82 Å². The van der Waals surface area contributed by atoms with E-state index in [2.05, 4.69) is 16.2 Å². The minimum atomic E-state index is -0.504. The number of aromatic nitrogens is 2. The van der Waals surface area contributed by atoms with Crippen LogP contribution in [0.5, 0.6) is 0 Å². The Bertz CT molecular complexity index is 641. The fraction of sp³-hybridized carbons (Fsp3) is 0.778. The van der Waals surface area contributed by atoms with Gasteiger partial charge in [-0.2, -0.15) is 10.2 Å². The fourth-order valence-electron chi connectivity index (χ4n) is 2.77. The third-order valence-corrected chi connectivity index (χ3v) is 4.18. The predicted octanol–water partition coefficient (Wildman–Crippen LogP) is 3.62. The van der Waals surface area contributed by atoms with E-state index in [9.17, 15) is 10.1 Å². The Morgan fingerprint density at radius 3 is 2.32 bits per heavy atom. The number of hydrogen-bond donors (Lipinski definition) is 0. The molecule has 138 valence electrons. The minimum Gasteiger partial charge on any atom is -0.444 e. The highest BCUT2D eigenvalue weighted by molar-refractivity contribution is 5.68. The number of nitriles is 1. The van der Waals surface area contributed by atoms with Crippen LogP contribution < -0.4 is 0 Å². The molecule has 1 saturated heterocycles. The van der Waals surface area contributed by atoms with Crippen molar-refractivity contribution in [3.63, 3.8) is 0 Å². The van der Waals surface area contributed by atoms with Crippen LogP contribution in [0.4, 0.5) is 4.79 Å². The van der Waals surface area contributed by atoms with Crippen LogP contribution in [0.1, 0.15) is 72.0 Å². The molecule has 0 spiro atoms. The maximum absolute atomic E-state index is 12.1. The lowest BCUT2D eigenvalue weighted by Crippen LogP contribution is -2.42. The van der Waals surface area contributed by atoms with Crippen molar-refractivity contribution >= 4 is 6.09 Å². The second-order valence-corrected chi connectivity index (χ2v) is 8.62.